The Morgan fingerprint density at radius 2 is 1.84 bits per heavy atom. The van der Waals surface area contributed by atoms with Gasteiger partial charge < -0.3 is 15.5 Å². The molecule has 7 nitrogen and oxygen atoms in total. The summed E-state index contributed by atoms with van der Waals surface area (Å²) >= 11 is 5.91. The van der Waals surface area contributed by atoms with Crippen molar-refractivity contribution in [3.8, 4) is 0 Å². The average molecular weight is 502 g/mol. The molecule has 1 aliphatic heterocycles. The van der Waals surface area contributed by atoms with Crippen LogP contribution in [0, 0.1) is 0 Å². The lowest BCUT2D eigenvalue weighted by Crippen LogP contribution is -2.51. The molecule has 10 heteroatoms. The van der Waals surface area contributed by atoms with Gasteiger partial charge in [0.15, 0.2) is 5.96 Å². The zero-order valence-electron chi connectivity index (χ0n) is 14.2. The molecule has 1 heterocycles. The van der Waals surface area contributed by atoms with E-state index >= 15 is 0 Å². The smallest absolute Gasteiger partial charge is 0.208 e. The van der Waals surface area contributed by atoms with Crippen molar-refractivity contribution >= 4 is 57.2 Å². The highest BCUT2D eigenvalue weighted by Gasteiger charge is 2.18. The standard InChI is InChI=1S/C15H24ClN5O2S.HI/c1-24(22,23)19-8-2-7-18-15(17)21-11-9-20(10-12-21)14-5-3-13(16)4-6-14;/h3-6,19H,2,7-12H2,1H3,(H2,17,18);1H. The van der Waals surface area contributed by atoms with Gasteiger partial charge in [-0.25, -0.2) is 13.1 Å². The number of rotatable bonds is 6. The van der Waals surface area contributed by atoms with Gasteiger partial charge in [-0.3, -0.25) is 4.99 Å². The SMILES string of the molecule is CS(=O)(=O)NCCCN=C(N)N1CCN(c2ccc(Cl)cc2)CC1.I. The second-order valence-corrected chi connectivity index (χ2v) is 7.98. The summed E-state index contributed by atoms with van der Waals surface area (Å²) in [6.45, 7) is 4.23. The molecule has 1 aliphatic rings. The number of hydrogen-bond acceptors (Lipinski definition) is 4. The van der Waals surface area contributed by atoms with Crippen LogP contribution in [0.15, 0.2) is 29.3 Å². The number of halogens is 2. The Morgan fingerprint density at radius 3 is 2.40 bits per heavy atom. The lowest BCUT2D eigenvalue weighted by Gasteiger charge is -2.36. The summed E-state index contributed by atoms with van der Waals surface area (Å²) in [5.41, 5.74) is 7.18. The highest BCUT2D eigenvalue weighted by molar-refractivity contribution is 14.0. The molecule has 1 fully saturated rings. The quantitative estimate of drug-likeness (QED) is 0.266. The van der Waals surface area contributed by atoms with E-state index in [1.807, 2.05) is 24.3 Å². The Bertz CT molecular complexity index is 661. The molecule has 1 aromatic carbocycles. The highest BCUT2D eigenvalue weighted by atomic mass is 127. The van der Waals surface area contributed by atoms with Crippen LogP contribution in [0.25, 0.3) is 0 Å². The van der Waals surface area contributed by atoms with E-state index in [1.165, 1.54) is 0 Å². The van der Waals surface area contributed by atoms with Crippen molar-refractivity contribution in [2.45, 2.75) is 6.42 Å². The molecule has 0 spiro atoms. The summed E-state index contributed by atoms with van der Waals surface area (Å²) in [4.78, 5) is 8.67. The van der Waals surface area contributed by atoms with Gasteiger partial charge in [-0.1, -0.05) is 11.6 Å². The zero-order valence-corrected chi connectivity index (χ0v) is 18.1. The van der Waals surface area contributed by atoms with E-state index in [4.69, 9.17) is 17.3 Å². The van der Waals surface area contributed by atoms with E-state index in [9.17, 15) is 8.42 Å². The molecule has 0 bridgehead atoms. The Kier molecular flexibility index (Phi) is 9.25. The molecule has 0 radical (unpaired) electrons. The first-order valence-corrected chi connectivity index (χ1v) is 10.1. The third-order valence-corrected chi connectivity index (χ3v) is 4.75. The molecule has 0 atom stereocenters. The molecule has 0 aliphatic carbocycles. The largest absolute Gasteiger partial charge is 0.370 e. The van der Waals surface area contributed by atoms with Gasteiger partial charge in [0, 0.05) is 50.0 Å². The van der Waals surface area contributed by atoms with E-state index in [1.54, 1.807) is 0 Å². The summed E-state index contributed by atoms with van der Waals surface area (Å²) in [7, 11) is -3.13. The van der Waals surface area contributed by atoms with Crippen LogP contribution >= 0.6 is 35.6 Å². The van der Waals surface area contributed by atoms with Crippen molar-refractivity contribution in [3.05, 3.63) is 29.3 Å². The third kappa shape index (κ3) is 7.97. The maximum Gasteiger partial charge on any atom is 0.208 e. The Hall–Kier alpha value is -0.780. The number of sulfonamides is 1. The molecular formula is C15H25ClIN5O2S. The lowest BCUT2D eigenvalue weighted by atomic mass is 10.2. The van der Waals surface area contributed by atoms with Gasteiger partial charge in [0.2, 0.25) is 10.0 Å². The van der Waals surface area contributed by atoms with Crippen LogP contribution in [0.1, 0.15) is 6.42 Å². The molecule has 0 amide bonds. The van der Waals surface area contributed by atoms with Gasteiger partial charge in [0.1, 0.15) is 0 Å². The van der Waals surface area contributed by atoms with Crippen molar-refractivity contribution in [2.24, 2.45) is 10.7 Å². The first-order valence-electron chi connectivity index (χ1n) is 7.85. The molecule has 0 aromatic heterocycles. The molecule has 1 saturated heterocycles. The number of nitrogens with zero attached hydrogens (tertiary/aromatic N) is 3. The molecule has 0 unspecified atom stereocenters. The fraction of sp³-hybridized carbons (Fsp3) is 0.533. The number of aliphatic imine (C=N–C) groups is 1. The van der Waals surface area contributed by atoms with Crippen LogP contribution in [0.4, 0.5) is 5.69 Å². The van der Waals surface area contributed by atoms with Crippen molar-refractivity contribution < 1.29 is 8.42 Å². The van der Waals surface area contributed by atoms with E-state index in [0.29, 0.717) is 25.5 Å². The van der Waals surface area contributed by atoms with Crippen LogP contribution in [-0.4, -0.2) is 64.8 Å². The number of benzene rings is 1. The van der Waals surface area contributed by atoms with Gasteiger partial charge in [-0.15, -0.1) is 24.0 Å². The van der Waals surface area contributed by atoms with Gasteiger partial charge in [0.05, 0.1) is 6.26 Å². The molecule has 3 N–H and O–H groups in total. The summed E-state index contributed by atoms with van der Waals surface area (Å²) in [6.07, 6.45) is 1.77. The maximum atomic E-state index is 11.0. The van der Waals surface area contributed by atoms with E-state index in [2.05, 4.69) is 19.5 Å². The fourth-order valence-corrected chi connectivity index (χ4v) is 3.12. The Labute approximate surface area is 171 Å². The minimum atomic E-state index is -3.13. The molecule has 25 heavy (non-hydrogen) atoms. The number of nitrogens with one attached hydrogen (secondary N) is 1. The fourth-order valence-electron chi connectivity index (χ4n) is 2.48. The number of nitrogens with two attached hydrogens (primary N) is 1. The summed E-state index contributed by atoms with van der Waals surface area (Å²) in [6, 6.07) is 7.82. The lowest BCUT2D eigenvalue weighted by molar-refractivity contribution is 0.380. The van der Waals surface area contributed by atoms with Crippen LogP contribution < -0.4 is 15.4 Å². The van der Waals surface area contributed by atoms with Crippen LogP contribution in [0.5, 0.6) is 0 Å². The number of hydrogen-bond donors (Lipinski definition) is 2. The Morgan fingerprint density at radius 1 is 1.24 bits per heavy atom. The van der Waals surface area contributed by atoms with Gasteiger partial charge >= 0.3 is 0 Å². The minimum absolute atomic E-state index is 0. The zero-order chi connectivity index (χ0) is 17.6. The second-order valence-electron chi connectivity index (χ2n) is 5.71. The van der Waals surface area contributed by atoms with Gasteiger partial charge in [0.25, 0.3) is 0 Å². The summed E-state index contributed by atoms with van der Waals surface area (Å²) in [5.74, 6) is 0.519. The van der Waals surface area contributed by atoms with Crippen LogP contribution in [0.2, 0.25) is 5.02 Å². The van der Waals surface area contributed by atoms with Crippen LogP contribution in [-0.2, 0) is 10.0 Å². The molecule has 2 rings (SSSR count). The van der Waals surface area contributed by atoms with Gasteiger partial charge in [-0.05, 0) is 30.7 Å². The first-order chi connectivity index (χ1) is 11.3. The average Bonchev–Trinajstić information content (AvgIpc) is 2.54. The highest BCUT2D eigenvalue weighted by Crippen LogP contribution is 2.19. The van der Waals surface area contributed by atoms with E-state index in [-0.39, 0.29) is 24.0 Å². The van der Waals surface area contributed by atoms with Crippen molar-refractivity contribution in [3.63, 3.8) is 0 Å². The molecule has 142 valence electrons. The predicted molar refractivity (Wildman–Crippen MR) is 115 cm³/mol. The number of piperazine rings is 1. The van der Waals surface area contributed by atoms with Gasteiger partial charge in [-0.2, -0.15) is 0 Å². The minimum Gasteiger partial charge on any atom is -0.370 e. The normalized spacial score (nSPS) is 15.8. The first kappa shape index (κ1) is 22.3. The van der Waals surface area contributed by atoms with Crippen LogP contribution in [0.3, 0.4) is 0 Å². The predicted octanol–water partition coefficient (Wildman–Crippen LogP) is 1.33. The maximum absolute atomic E-state index is 11.0. The van der Waals surface area contributed by atoms with E-state index in [0.717, 1.165) is 43.1 Å². The van der Waals surface area contributed by atoms with Crippen molar-refractivity contribution in [1.82, 2.24) is 9.62 Å². The summed E-state index contributed by atoms with van der Waals surface area (Å²) < 4.78 is 24.3. The molecule has 1 aromatic rings. The third-order valence-electron chi connectivity index (χ3n) is 3.77. The molecular weight excluding hydrogens is 477 g/mol. The van der Waals surface area contributed by atoms with Crippen molar-refractivity contribution in [2.75, 3.05) is 50.4 Å². The Balaban J connectivity index is 0.00000312. The van der Waals surface area contributed by atoms with Crippen molar-refractivity contribution in [1.29, 1.82) is 0 Å². The topological polar surface area (TPSA) is 91.0 Å². The van der Waals surface area contributed by atoms with E-state index < -0.39 is 10.0 Å². The second kappa shape index (κ2) is 10.4. The monoisotopic (exact) mass is 501 g/mol. The number of guanidine groups is 1. The summed E-state index contributed by atoms with van der Waals surface area (Å²) in [5, 5.41) is 0.735. The molecule has 0 saturated carbocycles. The number of anilines is 1.